The number of hydrogen-bond donors (Lipinski definition) is 1. The standard InChI is InChI=1S/C14H18O5S/c1-9(2)13(14(15)16)20(17)10-4-5-11-12(8-10)19-7-3-6-18-11/h4-5,8-9,13H,3,6-7H2,1-2H3,(H,15,16). The van der Waals surface area contributed by atoms with E-state index in [-0.39, 0.29) is 5.92 Å². The molecule has 0 amide bonds. The van der Waals surface area contributed by atoms with Gasteiger partial charge in [-0.2, -0.15) is 0 Å². The van der Waals surface area contributed by atoms with Crippen molar-refractivity contribution in [3.63, 3.8) is 0 Å². The van der Waals surface area contributed by atoms with Gasteiger partial charge in [-0.3, -0.25) is 9.00 Å². The Morgan fingerprint density at radius 1 is 1.25 bits per heavy atom. The van der Waals surface area contributed by atoms with Gasteiger partial charge < -0.3 is 14.6 Å². The maximum Gasteiger partial charge on any atom is 0.319 e. The first-order valence-electron chi connectivity index (χ1n) is 6.53. The number of ether oxygens (including phenoxy) is 2. The van der Waals surface area contributed by atoms with Gasteiger partial charge in [0.25, 0.3) is 0 Å². The second kappa shape index (κ2) is 6.26. The first kappa shape index (κ1) is 14.8. The van der Waals surface area contributed by atoms with Crippen LogP contribution in [0.5, 0.6) is 11.5 Å². The molecule has 0 saturated carbocycles. The summed E-state index contributed by atoms with van der Waals surface area (Å²) in [5.74, 6) is -0.129. The molecular formula is C14H18O5S. The molecule has 110 valence electrons. The Labute approximate surface area is 120 Å². The van der Waals surface area contributed by atoms with Crippen molar-refractivity contribution in [3.05, 3.63) is 18.2 Å². The summed E-state index contributed by atoms with van der Waals surface area (Å²) in [5.41, 5.74) is 0. The number of carbonyl (C=O) groups is 1. The average molecular weight is 298 g/mol. The molecule has 0 radical (unpaired) electrons. The highest BCUT2D eigenvalue weighted by molar-refractivity contribution is 7.86. The van der Waals surface area contributed by atoms with Crippen LogP contribution in [0.1, 0.15) is 20.3 Å². The fourth-order valence-corrected chi connectivity index (χ4v) is 3.44. The fourth-order valence-electron chi connectivity index (χ4n) is 2.04. The Hall–Kier alpha value is -1.56. The van der Waals surface area contributed by atoms with Crippen LogP contribution in [0.2, 0.25) is 0 Å². The molecule has 1 N–H and O–H groups in total. The van der Waals surface area contributed by atoms with Crippen LogP contribution in [-0.4, -0.2) is 33.7 Å². The van der Waals surface area contributed by atoms with Gasteiger partial charge in [-0.15, -0.1) is 0 Å². The molecule has 2 atom stereocenters. The van der Waals surface area contributed by atoms with Gasteiger partial charge in [0.1, 0.15) is 5.25 Å². The first-order valence-corrected chi connectivity index (χ1v) is 7.75. The van der Waals surface area contributed by atoms with Crippen LogP contribution in [-0.2, 0) is 15.6 Å². The smallest absolute Gasteiger partial charge is 0.319 e. The fraction of sp³-hybridized carbons (Fsp3) is 0.500. The monoisotopic (exact) mass is 298 g/mol. The lowest BCUT2D eigenvalue weighted by molar-refractivity contribution is -0.137. The van der Waals surface area contributed by atoms with Crippen molar-refractivity contribution in [2.24, 2.45) is 5.92 Å². The third kappa shape index (κ3) is 3.12. The lowest BCUT2D eigenvalue weighted by atomic mass is 10.1. The van der Waals surface area contributed by atoms with Gasteiger partial charge in [-0.1, -0.05) is 13.8 Å². The Morgan fingerprint density at radius 2 is 1.90 bits per heavy atom. The summed E-state index contributed by atoms with van der Waals surface area (Å²) < 4.78 is 23.5. The Kier molecular flexibility index (Phi) is 4.65. The van der Waals surface area contributed by atoms with E-state index < -0.39 is 22.0 Å². The van der Waals surface area contributed by atoms with Crippen LogP contribution >= 0.6 is 0 Å². The molecule has 2 unspecified atom stereocenters. The predicted octanol–water partition coefficient (Wildman–Crippen LogP) is 2.06. The number of fused-ring (bicyclic) bond motifs is 1. The van der Waals surface area contributed by atoms with Crippen molar-refractivity contribution < 1.29 is 23.6 Å². The summed E-state index contributed by atoms with van der Waals surface area (Å²) in [6.45, 7) is 4.62. The molecule has 20 heavy (non-hydrogen) atoms. The van der Waals surface area contributed by atoms with Gasteiger partial charge in [-0.05, 0) is 18.1 Å². The van der Waals surface area contributed by atoms with E-state index in [9.17, 15) is 14.1 Å². The van der Waals surface area contributed by atoms with Gasteiger partial charge in [0, 0.05) is 17.4 Å². The average Bonchev–Trinajstić information content (AvgIpc) is 2.61. The van der Waals surface area contributed by atoms with Crippen molar-refractivity contribution in [1.82, 2.24) is 0 Å². The third-order valence-corrected chi connectivity index (χ3v) is 4.96. The molecule has 1 aliphatic rings. The van der Waals surface area contributed by atoms with E-state index in [1.165, 1.54) is 0 Å². The lowest BCUT2D eigenvalue weighted by Gasteiger charge is -2.16. The number of hydrogen-bond acceptors (Lipinski definition) is 4. The number of carboxylic acid groups (broad SMARTS) is 1. The van der Waals surface area contributed by atoms with Crippen LogP contribution in [0, 0.1) is 5.92 Å². The molecule has 0 aliphatic carbocycles. The van der Waals surface area contributed by atoms with Crippen molar-refractivity contribution >= 4 is 16.8 Å². The molecule has 0 aromatic heterocycles. The zero-order valence-corrected chi connectivity index (χ0v) is 12.3. The zero-order chi connectivity index (χ0) is 14.7. The Bertz CT molecular complexity index is 526. The molecule has 0 fully saturated rings. The molecule has 2 rings (SSSR count). The molecule has 0 saturated heterocycles. The van der Waals surface area contributed by atoms with Gasteiger partial charge in [-0.25, -0.2) is 0 Å². The van der Waals surface area contributed by atoms with E-state index in [0.717, 1.165) is 6.42 Å². The van der Waals surface area contributed by atoms with Crippen molar-refractivity contribution in [3.8, 4) is 11.5 Å². The van der Waals surface area contributed by atoms with E-state index in [1.807, 2.05) is 0 Å². The molecule has 0 bridgehead atoms. The van der Waals surface area contributed by atoms with Gasteiger partial charge >= 0.3 is 5.97 Å². The van der Waals surface area contributed by atoms with Crippen LogP contribution < -0.4 is 9.47 Å². The molecule has 1 aliphatic heterocycles. The van der Waals surface area contributed by atoms with Crippen LogP contribution in [0.15, 0.2) is 23.1 Å². The van der Waals surface area contributed by atoms with Crippen molar-refractivity contribution in [1.29, 1.82) is 0 Å². The number of carboxylic acids is 1. The Balaban J connectivity index is 2.31. The van der Waals surface area contributed by atoms with Crippen molar-refractivity contribution in [2.45, 2.75) is 30.4 Å². The summed E-state index contributed by atoms with van der Waals surface area (Å²) in [6.07, 6.45) is 0.789. The maximum absolute atomic E-state index is 12.4. The summed E-state index contributed by atoms with van der Waals surface area (Å²) in [7, 11) is -1.62. The molecule has 6 heteroatoms. The molecule has 1 heterocycles. The number of rotatable bonds is 4. The first-order chi connectivity index (χ1) is 9.50. The normalized spacial score (nSPS) is 17.4. The minimum Gasteiger partial charge on any atom is -0.490 e. The van der Waals surface area contributed by atoms with Crippen LogP contribution in [0.4, 0.5) is 0 Å². The molecule has 5 nitrogen and oxygen atoms in total. The van der Waals surface area contributed by atoms with Gasteiger partial charge in [0.2, 0.25) is 0 Å². The molecular weight excluding hydrogens is 280 g/mol. The summed E-state index contributed by atoms with van der Waals surface area (Å²) in [5, 5.41) is 8.28. The van der Waals surface area contributed by atoms with Gasteiger partial charge in [0.15, 0.2) is 11.5 Å². The SMILES string of the molecule is CC(C)C(C(=O)O)S(=O)c1ccc2c(c1)OCCCO2. The molecule has 0 spiro atoms. The zero-order valence-electron chi connectivity index (χ0n) is 11.5. The minimum absolute atomic E-state index is 0.218. The van der Waals surface area contributed by atoms with E-state index >= 15 is 0 Å². The second-order valence-electron chi connectivity index (χ2n) is 4.96. The second-order valence-corrected chi connectivity index (χ2v) is 6.53. The van der Waals surface area contributed by atoms with E-state index in [0.29, 0.717) is 29.6 Å². The van der Waals surface area contributed by atoms with E-state index in [1.54, 1.807) is 32.0 Å². The Morgan fingerprint density at radius 3 is 2.50 bits per heavy atom. The highest BCUT2D eigenvalue weighted by atomic mass is 32.2. The van der Waals surface area contributed by atoms with Crippen molar-refractivity contribution in [2.75, 3.05) is 13.2 Å². The molecule has 1 aromatic carbocycles. The topological polar surface area (TPSA) is 72.8 Å². The van der Waals surface area contributed by atoms with E-state index in [2.05, 4.69) is 0 Å². The highest BCUT2D eigenvalue weighted by Gasteiger charge is 2.30. The van der Waals surface area contributed by atoms with Crippen LogP contribution in [0.25, 0.3) is 0 Å². The third-order valence-electron chi connectivity index (χ3n) is 3.03. The quantitative estimate of drug-likeness (QED) is 0.921. The summed E-state index contributed by atoms with van der Waals surface area (Å²) >= 11 is 0. The highest BCUT2D eigenvalue weighted by Crippen LogP contribution is 2.32. The van der Waals surface area contributed by atoms with Gasteiger partial charge in [0.05, 0.1) is 24.0 Å². The lowest BCUT2D eigenvalue weighted by Crippen LogP contribution is -2.31. The number of benzene rings is 1. The maximum atomic E-state index is 12.4. The molecule has 1 aromatic rings. The van der Waals surface area contributed by atoms with E-state index in [4.69, 9.17) is 9.47 Å². The number of aliphatic carboxylic acids is 1. The largest absolute Gasteiger partial charge is 0.490 e. The summed E-state index contributed by atoms with van der Waals surface area (Å²) in [6, 6.07) is 4.95. The predicted molar refractivity (Wildman–Crippen MR) is 74.7 cm³/mol. The summed E-state index contributed by atoms with van der Waals surface area (Å²) in [4.78, 5) is 11.7. The van der Waals surface area contributed by atoms with Crippen LogP contribution in [0.3, 0.4) is 0 Å². The minimum atomic E-state index is -1.62.